The summed E-state index contributed by atoms with van der Waals surface area (Å²) in [5, 5.41) is 2.12. The Kier molecular flexibility index (Phi) is 2.94. The largest absolute Gasteiger partial charge is 0.255 e. The molecule has 0 bridgehead atoms. The lowest BCUT2D eigenvalue weighted by Crippen LogP contribution is -2.47. The van der Waals surface area contributed by atoms with Crippen molar-refractivity contribution in [2.24, 2.45) is 0 Å². The van der Waals surface area contributed by atoms with Gasteiger partial charge < -0.3 is 0 Å². The van der Waals surface area contributed by atoms with E-state index in [1.54, 1.807) is 0 Å². The molecule has 54 valence electrons. The fraction of sp³-hybridized carbons (Fsp3) is 1.00. The fourth-order valence-electron chi connectivity index (χ4n) is 0.778. The Labute approximate surface area is 55.0 Å². The van der Waals surface area contributed by atoms with E-state index in [1.165, 1.54) is 6.42 Å². The van der Waals surface area contributed by atoms with Crippen LogP contribution in [0.15, 0.2) is 0 Å². The first-order valence-corrected chi connectivity index (χ1v) is 3.48. The Morgan fingerprint density at radius 1 is 1.44 bits per heavy atom. The second kappa shape index (κ2) is 3.80. The lowest BCUT2D eigenvalue weighted by atomic mass is 10.3. The van der Waals surface area contributed by atoms with Crippen LogP contribution in [0.1, 0.15) is 12.8 Å². The second-order valence-corrected chi connectivity index (χ2v) is 2.29. The number of hydrogen-bond acceptors (Lipinski definition) is 2. The smallest absolute Gasteiger partial charge is 0.0907 e. The van der Waals surface area contributed by atoms with E-state index >= 15 is 0 Å². The first kappa shape index (κ1) is 6.96. The molecule has 0 saturated carbocycles. The van der Waals surface area contributed by atoms with E-state index in [2.05, 4.69) is 10.4 Å². The summed E-state index contributed by atoms with van der Waals surface area (Å²) in [5.74, 6) is 0. The highest BCUT2D eigenvalue weighted by Crippen LogP contribution is 1.99. The van der Waals surface area contributed by atoms with Gasteiger partial charge in [-0.25, -0.2) is 5.01 Å². The summed E-state index contributed by atoms with van der Waals surface area (Å²) < 4.78 is 11.5. The van der Waals surface area contributed by atoms with Gasteiger partial charge in [0.25, 0.3) is 0 Å². The average Bonchev–Trinajstić information content (AvgIpc) is 1.76. The summed E-state index contributed by atoms with van der Waals surface area (Å²) >= 11 is 0. The standard InChI is InChI=1S/C6H13FN2/c7-3-1-4-8-9-5-2-6-9/h8H,1-6H2. The van der Waals surface area contributed by atoms with Crippen molar-refractivity contribution in [1.29, 1.82) is 0 Å². The van der Waals surface area contributed by atoms with Crippen LogP contribution < -0.4 is 5.43 Å². The normalized spacial score (nSPS) is 19.7. The third-order valence-corrected chi connectivity index (χ3v) is 1.50. The molecule has 0 amide bonds. The highest BCUT2D eigenvalue weighted by Gasteiger charge is 2.11. The summed E-state index contributed by atoms with van der Waals surface area (Å²) in [7, 11) is 0. The maximum Gasteiger partial charge on any atom is 0.0907 e. The number of hydrazine groups is 1. The van der Waals surface area contributed by atoms with E-state index in [0.717, 1.165) is 19.6 Å². The molecular formula is C6H13FN2. The molecule has 9 heavy (non-hydrogen) atoms. The highest BCUT2D eigenvalue weighted by atomic mass is 19.1. The molecule has 0 atom stereocenters. The van der Waals surface area contributed by atoms with E-state index in [-0.39, 0.29) is 6.67 Å². The van der Waals surface area contributed by atoms with Crippen LogP contribution in [0.5, 0.6) is 0 Å². The zero-order chi connectivity index (χ0) is 6.53. The zero-order valence-corrected chi connectivity index (χ0v) is 5.57. The minimum atomic E-state index is -0.208. The van der Waals surface area contributed by atoms with Gasteiger partial charge in [0, 0.05) is 19.6 Å². The Hall–Kier alpha value is -0.150. The topological polar surface area (TPSA) is 15.3 Å². The Morgan fingerprint density at radius 2 is 2.22 bits per heavy atom. The summed E-state index contributed by atoms with van der Waals surface area (Å²) in [6.45, 7) is 2.84. The summed E-state index contributed by atoms with van der Waals surface area (Å²) in [5.41, 5.74) is 3.11. The molecule has 0 aromatic heterocycles. The fourth-order valence-corrected chi connectivity index (χ4v) is 0.778. The molecular weight excluding hydrogens is 119 g/mol. The lowest BCUT2D eigenvalue weighted by Gasteiger charge is -2.30. The molecule has 1 aliphatic rings. The van der Waals surface area contributed by atoms with Crippen molar-refractivity contribution in [3.8, 4) is 0 Å². The van der Waals surface area contributed by atoms with Crippen LogP contribution in [0.25, 0.3) is 0 Å². The van der Waals surface area contributed by atoms with Crippen LogP contribution in [0.4, 0.5) is 4.39 Å². The second-order valence-electron chi connectivity index (χ2n) is 2.29. The van der Waals surface area contributed by atoms with Crippen molar-refractivity contribution in [3.05, 3.63) is 0 Å². The lowest BCUT2D eigenvalue weighted by molar-refractivity contribution is 0.107. The van der Waals surface area contributed by atoms with Gasteiger partial charge in [0.2, 0.25) is 0 Å². The molecule has 1 fully saturated rings. The van der Waals surface area contributed by atoms with E-state index in [9.17, 15) is 4.39 Å². The third kappa shape index (κ3) is 2.28. The van der Waals surface area contributed by atoms with Crippen molar-refractivity contribution in [2.45, 2.75) is 12.8 Å². The maximum atomic E-state index is 11.5. The van der Waals surface area contributed by atoms with Crippen molar-refractivity contribution < 1.29 is 4.39 Å². The molecule has 0 radical (unpaired) electrons. The molecule has 1 N–H and O–H groups in total. The average molecular weight is 132 g/mol. The number of hydrogen-bond donors (Lipinski definition) is 1. The number of nitrogens with zero attached hydrogens (tertiary/aromatic N) is 1. The minimum absolute atomic E-state index is 0.208. The quantitative estimate of drug-likeness (QED) is 0.562. The number of nitrogens with one attached hydrogen (secondary N) is 1. The molecule has 0 aromatic carbocycles. The zero-order valence-electron chi connectivity index (χ0n) is 5.57. The summed E-state index contributed by atoms with van der Waals surface area (Å²) in [6, 6.07) is 0. The molecule has 1 aliphatic heterocycles. The van der Waals surface area contributed by atoms with Gasteiger partial charge >= 0.3 is 0 Å². The molecule has 1 rings (SSSR count). The van der Waals surface area contributed by atoms with E-state index in [0.29, 0.717) is 6.42 Å². The Bertz CT molecular complexity index is 73.5. The SMILES string of the molecule is FCCCNN1CCC1. The Morgan fingerprint density at radius 3 is 2.67 bits per heavy atom. The number of halogens is 1. The third-order valence-electron chi connectivity index (χ3n) is 1.50. The summed E-state index contributed by atoms with van der Waals surface area (Å²) in [6.07, 6.45) is 1.92. The van der Waals surface area contributed by atoms with Crippen LogP contribution in [0.3, 0.4) is 0 Å². The Balaban J connectivity index is 1.80. The first-order chi connectivity index (χ1) is 4.43. The van der Waals surface area contributed by atoms with Gasteiger partial charge in [0.1, 0.15) is 0 Å². The predicted molar refractivity (Wildman–Crippen MR) is 34.8 cm³/mol. The van der Waals surface area contributed by atoms with Crippen molar-refractivity contribution >= 4 is 0 Å². The minimum Gasteiger partial charge on any atom is -0.255 e. The highest BCUT2D eigenvalue weighted by molar-refractivity contribution is 4.63. The number of rotatable bonds is 4. The molecule has 3 heteroatoms. The van der Waals surface area contributed by atoms with Gasteiger partial charge in [-0.1, -0.05) is 0 Å². The molecule has 1 saturated heterocycles. The van der Waals surface area contributed by atoms with Crippen LogP contribution in [0.2, 0.25) is 0 Å². The van der Waals surface area contributed by atoms with Crippen LogP contribution in [-0.4, -0.2) is 31.3 Å². The molecule has 1 heterocycles. The van der Waals surface area contributed by atoms with Gasteiger partial charge in [-0.3, -0.25) is 9.82 Å². The van der Waals surface area contributed by atoms with Crippen molar-refractivity contribution in [1.82, 2.24) is 10.4 Å². The van der Waals surface area contributed by atoms with Gasteiger partial charge in [0.15, 0.2) is 0 Å². The predicted octanol–water partition coefficient (Wildman–Crippen LogP) is 0.556. The maximum absolute atomic E-state index is 11.5. The first-order valence-electron chi connectivity index (χ1n) is 3.48. The van der Waals surface area contributed by atoms with Crippen LogP contribution in [0, 0.1) is 0 Å². The van der Waals surface area contributed by atoms with Crippen LogP contribution >= 0.6 is 0 Å². The van der Waals surface area contributed by atoms with Crippen molar-refractivity contribution in [2.75, 3.05) is 26.3 Å². The molecule has 0 spiro atoms. The summed E-state index contributed by atoms with van der Waals surface area (Å²) in [4.78, 5) is 0. The molecule has 0 unspecified atom stereocenters. The van der Waals surface area contributed by atoms with Gasteiger partial charge in [0.05, 0.1) is 6.67 Å². The van der Waals surface area contributed by atoms with Crippen LogP contribution in [-0.2, 0) is 0 Å². The monoisotopic (exact) mass is 132 g/mol. The van der Waals surface area contributed by atoms with E-state index < -0.39 is 0 Å². The van der Waals surface area contributed by atoms with E-state index in [4.69, 9.17) is 0 Å². The molecule has 0 aromatic rings. The van der Waals surface area contributed by atoms with Gasteiger partial charge in [-0.2, -0.15) is 0 Å². The number of alkyl halides is 1. The van der Waals surface area contributed by atoms with Crippen molar-refractivity contribution in [3.63, 3.8) is 0 Å². The van der Waals surface area contributed by atoms with E-state index in [1.807, 2.05) is 0 Å². The van der Waals surface area contributed by atoms with Gasteiger partial charge in [-0.05, 0) is 12.8 Å². The molecule has 0 aliphatic carbocycles. The van der Waals surface area contributed by atoms with Gasteiger partial charge in [-0.15, -0.1) is 0 Å². The molecule has 2 nitrogen and oxygen atoms in total.